The van der Waals surface area contributed by atoms with Gasteiger partial charge in [-0.05, 0) is 42.9 Å². The highest BCUT2D eigenvalue weighted by Gasteiger charge is 2.25. The van der Waals surface area contributed by atoms with Crippen LogP contribution in [0.4, 0.5) is 8.78 Å². The number of hydrogen-bond donors (Lipinski definition) is 1. The summed E-state index contributed by atoms with van der Waals surface area (Å²) < 4.78 is 29.0. The van der Waals surface area contributed by atoms with E-state index in [-0.39, 0.29) is 6.10 Å². The number of H-pyrrole nitrogens is 1. The lowest BCUT2D eigenvalue weighted by Crippen LogP contribution is -2.26. The molecule has 2 aromatic rings. The van der Waals surface area contributed by atoms with Crippen LogP contribution in [0, 0.1) is 0 Å². The normalized spacial score (nSPS) is 19.5. The highest BCUT2D eigenvalue weighted by Crippen LogP contribution is 2.25. The van der Waals surface area contributed by atoms with E-state index in [4.69, 9.17) is 0 Å². The van der Waals surface area contributed by atoms with Crippen LogP contribution < -0.4 is 0 Å². The molecule has 1 aliphatic heterocycles. The van der Waals surface area contributed by atoms with E-state index in [0.717, 1.165) is 25.0 Å². The molecule has 1 aromatic carbocycles. The predicted octanol–water partition coefficient (Wildman–Crippen LogP) is 3.75. The Bertz CT molecular complexity index is 632. The second-order valence-corrected chi connectivity index (χ2v) is 6.46. The zero-order valence-corrected chi connectivity index (χ0v) is 13.3. The molecular weight excluding hydrogens is 306 g/mol. The third-order valence-electron chi connectivity index (χ3n) is 4.20. The first kappa shape index (κ1) is 15.8. The summed E-state index contributed by atoms with van der Waals surface area (Å²) in [4.78, 5) is 6.75. The Kier molecular flexibility index (Phi) is 5.00. The summed E-state index contributed by atoms with van der Waals surface area (Å²) in [5.41, 5.74) is 2.43. The summed E-state index contributed by atoms with van der Waals surface area (Å²) in [5.74, 6) is 0. The van der Waals surface area contributed by atoms with Crippen molar-refractivity contribution >= 4 is 22.7 Å². The quantitative estimate of drug-likeness (QED) is 0.820. The van der Waals surface area contributed by atoms with E-state index in [1.165, 1.54) is 15.8 Å². The van der Waals surface area contributed by atoms with Crippen molar-refractivity contribution in [1.29, 1.82) is 0 Å². The van der Waals surface area contributed by atoms with Gasteiger partial charge in [-0.2, -0.15) is 8.78 Å². The molecule has 3 rings (SSSR count). The molecule has 1 atom stereocenters. The molecule has 22 heavy (non-hydrogen) atoms. The van der Waals surface area contributed by atoms with Crippen molar-refractivity contribution in [2.24, 2.45) is 0 Å². The van der Waals surface area contributed by atoms with Gasteiger partial charge in [0.1, 0.15) is 0 Å². The molecule has 0 aliphatic carbocycles. The first-order valence-electron chi connectivity index (χ1n) is 7.45. The predicted molar refractivity (Wildman–Crippen MR) is 85.7 cm³/mol. The molecular formula is C16H20F2N2OS. The maximum atomic E-state index is 12.2. The number of rotatable bonds is 6. The molecule has 2 heterocycles. The number of hydrogen-bond acceptors (Lipinski definition) is 3. The highest BCUT2D eigenvalue weighted by atomic mass is 32.2. The summed E-state index contributed by atoms with van der Waals surface area (Å²) in [5, 5.41) is 1.26. The molecule has 0 amide bonds. The third-order valence-corrected chi connectivity index (χ3v) is 4.92. The van der Waals surface area contributed by atoms with Crippen LogP contribution in [0.5, 0.6) is 0 Å². The molecule has 1 fully saturated rings. The van der Waals surface area contributed by atoms with Crippen LogP contribution in [-0.4, -0.2) is 48.5 Å². The number of nitrogens with one attached hydrogen (secondary N) is 1. The molecule has 1 aromatic heterocycles. The van der Waals surface area contributed by atoms with Crippen LogP contribution in [0.25, 0.3) is 10.9 Å². The summed E-state index contributed by atoms with van der Waals surface area (Å²) in [6.45, 7) is -0.360. The van der Waals surface area contributed by atoms with E-state index in [2.05, 4.69) is 45.3 Å². The second-order valence-electron chi connectivity index (χ2n) is 5.58. The van der Waals surface area contributed by atoms with Crippen LogP contribution in [0.3, 0.4) is 0 Å². The number of likely N-dealkylation sites (tertiary alicyclic amines) is 1. The maximum absolute atomic E-state index is 12.2. The van der Waals surface area contributed by atoms with Crippen molar-refractivity contribution in [3.8, 4) is 0 Å². The Morgan fingerprint density at radius 3 is 3.09 bits per heavy atom. The largest absolute Gasteiger partial charge is 0.361 e. The first-order valence-corrected chi connectivity index (χ1v) is 8.68. The van der Waals surface area contributed by atoms with Crippen LogP contribution >= 0.6 is 11.8 Å². The average Bonchev–Trinajstić information content (AvgIpc) is 3.10. The average molecular weight is 326 g/mol. The Morgan fingerprint density at radius 2 is 2.32 bits per heavy atom. The number of aromatic nitrogens is 1. The standard InChI is InChI=1S/C16H20F2N2OS/c1-22-13-2-3-15-14(8-13)11(9-19-15)4-6-20-7-5-12(10-20)21-16(17)18/h2-3,8-9,12,16,19H,4-7,10H2,1H3/t12-/m0/s1. The van der Waals surface area contributed by atoms with Crippen LogP contribution in [0.15, 0.2) is 29.3 Å². The van der Waals surface area contributed by atoms with Crippen molar-refractivity contribution in [2.75, 3.05) is 25.9 Å². The van der Waals surface area contributed by atoms with E-state index < -0.39 is 6.61 Å². The monoisotopic (exact) mass is 326 g/mol. The SMILES string of the molecule is CSc1ccc2[nH]cc(CCN3CC[C@H](OC(F)F)C3)c2c1. The molecule has 1 N–H and O–H groups in total. The Balaban J connectivity index is 1.60. The van der Waals surface area contributed by atoms with Crippen LogP contribution in [-0.2, 0) is 11.2 Å². The lowest BCUT2D eigenvalue weighted by Gasteiger charge is -2.15. The number of halogens is 2. The fourth-order valence-corrected chi connectivity index (χ4v) is 3.47. The van der Waals surface area contributed by atoms with Gasteiger partial charge in [0, 0.05) is 41.6 Å². The Labute approximate surface area is 133 Å². The van der Waals surface area contributed by atoms with Gasteiger partial charge in [-0.25, -0.2) is 0 Å². The minimum atomic E-state index is -2.66. The van der Waals surface area contributed by atoms with Crippen molar-refractivity contribution in [3.05, 3.63) is 30.0 Å². The molecule has 0 radical (unpaired) electrons. The topological polar surface area (TPSA) is 28.3 Å². The molecule has 1 saturated heterocycles. The van der Waals surface area contributed by atoms with E-state index in [9.17, 15) is 8.78 Å². The van der Waals surface area contributed by atoms with E-state index in [1.54, 1.807) is 11.8 Å². The molecule has 3 nitrogen and oxygen atoms in total. The van der Waals surface area contributed by atoms with Gasteiger partial charge in [0.25, 0.3) is 0 Å². The van der Waals surface area contributed by atoms with Crippen molar-refractivity contribution in [3.63, 3.8) is 0 Å². The molecule has 0 unspecified atom stereocenters. The fourth-order valence-electron chi connectivity index (χ4n) is 3.03. The minimum absolute atomic E-state index is 0.328. The van der Waals surface area contributed by atoms with Gasteiger partial charge in [-0.3, -0.25) is 0 Å². The van der Waals surface area contributed by atoms with Crippen LogP contribution in [0.2, 0.25) is 0 Å². The van der Waals surface area contributed by atoms with Gasteiger partial charge < -0.3 is 14.6 Å². The highest BCUT2D eigenvalue weighted by molar-refractivity contribution is 7.98. The minimum Gasteiger partial charge on any atom is -0.361 e. The first-order chi connectivity index (χ1) is 10.7. The van der Waals surface area contributed by atoms with Gasteiger partial charge in [-0.15, -0.1) is 11.8 Å². The number of thioether (sulfide) groups is 1. The van der Waals surface area contributed by atoms with Gasteiger partial charge in [0.15, 0.2) is 0 Å². The lowest BCUT2D eigenvalue weighted by atomic mass is 10.1. The maximum Gasteiger partial charge on any atom is 0.345 e. The van der Waals surface area contributed by atoms with Crippen LogP contribution in [0.1, 0.15) is 12.0 Å². The fraction of sp³-hybridized carbons (Fsp3) is 0.500. The number of fused-ring (bicyclic) bond motifs is 1. The lowest BCUT2D eigenvalue weighted by molar-refractivity contribution is -0.158. The van der Waals surface area contributed by atoms with Crippen molar-refractivity contribution < 1.29 is 13.5 Å². The van der Waals surface area contributed by atoms with Gasteiger partial charge in [-0.1, -0.05) is 0 Å². The smallest absolute Gasteiger partial charge is 0.345 e. The summed E-state index contributed by atoms with van der Waals surface area (Å²) in [6, 6.07) is 6.42. The number of nitrogens with zero attached hydrogens (tertiary/aromatic N) is 1. The van der Waals surface area contributed by atoms with Crippen molar-refractivity contribution in [2.45, 2.75) is 30.5 Å². The summed E-state index contributed by atoms with van der Waals surface area (Å²) in [6.07, 6.45) is 5.40. The van der Waals surface area contributed by atoms with E-state index >= 15 is 0 Å². The number of ether oxygens (including phenoxy) is 1. The number of alkyl halides is 2. The molecule has 0 saturated carbocycles. The molecule has 0 bridgehead atoms. The zero-order chi connectivity index (χ0) is 15.5. The summed E-state index contributed by atoms with van der Waals surface area (Å²) >= 11 is 1.73. The summed E-state index contributed by atoms with van der Waals surface area (Å²) in [7, 11) is 0. The molecule has 6 heteroatoms. The molecule has 1 aliphatic rings. The Morgan fingerprint density at radius 1 is 1.45 bits per heavy atom. The third kappa shape index (κ3) is 3.62. The van der Waals surface area contributed by atoms with E-state index in [0.29, 0.717) is 13.0 Å². The zero-order valence-electron chi connectivity index (χ0n) is 12.5. The molecule has 120 valence electrons. The number of aromatic amines is 1. The molecule has 0 spiro atoms. The van der Waals surface area contributed by atoms with Gasteiger partial charge >= 0.3 is 6.61 Å². The van der Waals surface area contributed by atoms with Crippen molar-refractivity contribution in [1.82, 2.24) is 9.88 Å². The Hall–Kier alpha value is -1.11. The van der Waals surface area contributed by atoms with Gasteiger partial charge in [0.05, 0.1) is 6.10 Å². The second kappa shape index (κ2) is 6.98. The van der Waals surface area contributed by atoms with Gasteiger partial charge in [0.2, 0.25) is 0 Å². The van der Waals surface area contributed by atoms with E-state index in [1.807, 2.05) is 0 Å². The number of benzene rings is 1.